The number of sulfonamides is 1. The van der Waals surface area contributed by atoms with Crippen molar-refractivity contribution in [2.75, 3.05) is 7.05 Å². The second-order valence-corrected chi connectivity index (χ2v) is 6.97. The molecule has 0 aliphatic heterocycles. The van der Waals surface area contributed by atoms with Gasteiger partial charge >= 0.3 is 0 Å². The molecule has 1 aromatic carbocycles. The van der Waals surface area contributed by atoms with Crippen LogP contribution in [-0.4, -0.2) is 39.9 Å². The highest BCUT2D eigenvalue weighted by Gasteiger charge is 2.22. The number of aromatic amines is 1. The van der Waals surface area contributed by atoms with E-state index in [4.69, 9.17) is 18.0 Å². The summed E-state index contributed by atoms with van der Waals surface area (Å²) >= 11 is 4.84. The third-order valence-corrected chi connectivity index (χ3v) is 4.91. The van der Waals surface area contributed by atoms with Crippen LogP contribution >= 0.6 is 12.2 Å². The van der Waals surface area contributed by atoms with Crippen molar-refractivity contribution in [3.63, 3.8) is 0 Å². The fourth-order valence-corrected chi connectivity index (χ4v) is 2.98. The minimum absolute atomic E-state index is 0.0870. The summed E-state index contributed by atoms with van der Waals surface area (Å²) in [6.45, 7) is 1.84. The Morgan fingerprint density at radius 1 is 1.38 bits per heavy atom. The molecule has 0 radical (unpaired) electrons. The number of nitrogens with one attached hydrogen (secondary N) is 1. The van der Waals surface area contributed by atoms with Crippen LogP contribution in [0.2, 0.25) is 0 Å². The Hall–Kier alpha value is -1.84. The molecule has 0 spiro atoms. The highest BCUT2D eigenvalue weighted by molar-refractivity contribution is 7.89. The van der Waals surface area contributed by atoms with Gasteiger partial charge in [-0.05, 0) is 19.1 Å². The van der Waals surface area contributed by atoms with Gasteiger partial charge in [-0.15, -0.1) is 0 Å². The molecule has 2 aromatic rings. The lowest BCUT2D eigenvalue weighted by molar-refractivity contribution is 0.457. The summed E-state index contributed by atoms with van der Waals surface area (Å²) in [6.07, 6.45) is 0. The molecule has 112 valence electrons. The normalized spacial score (nSPS) is 11.8. The first-order valence-corrected chi connectivity index (χ1v) is 7.89. The zero-order valence-electron chi connectivity index (χ0n) is 11.6. The lowest BCUT2D eigenvalue weighted by atomic mass is 10.2. The summed E-state index contributed by atoms with van der Waals surface area (Å²) in [5, 5.41) is 6.60. The number of hydrogen-bond donors (Lipinski definition) is 2. The maximum Gasteiger partial charge on any atom is 0.243 e. The van der Waals surface area contributed by atoms with Crippen LogP contribution < -0.4 is 5.73 Å². The summed E-state index contributed by atoms with van der Waals surface area (Å²) in [5.41, 5.74) is 6.11. The number of nitrogens with zero attached hydrogens (tertiary/aromatic N) is 3. The molecule has 21 heavy (non-hydrogen) atoms. The number of benzene rings is 1. The number of H-pyrrole nitrogens is 1. The first-order chi connectivity index (χ1) is 9.80. The molecule has 3 N–H and O–H groups in total. The number of thiocarbonyl (C=S) groups is 1. The predicted octanol–water partition coefficient (Wildman–Crippen LogP) is 0.568. The maximum absolute atomic E-state index is 12.4. The van der Waals surface area contributed by atoms with E-state index in [2.05, 4.69) is 15.2 Å². The van der Waals surface area contributed by atoms with Crippen LogP contribution in [0.5, 0.6) is 0 Å². The SMILES string of the molecule is Cc1nc(CN(C)S(=O)(=O)c2ccc(C(N)=S)cc2)n[nH]1. The Labute approximate surface area is 128 Å². The van der Waals surface area contributed by atoms with E-state index in [9.17, 15) is 8.42 Å². The molecular weight excluding hydrogens is 310 g/mol. The Morgan fingerprint density at radius 3 is 2.48 bits per heavy atom. The van der Waals surface area contributed by atoms with Gasteiger partial charge in [0.05, 0.1) is 11.4 Å². The Bertz CT molecular complexity index is 752. The summed E-state index contributed by atoms with van der Waals surface area (Å²) in [7, 11) is -2.14. The van der Waals surface area contributed by atoms with Crippen LogP contribution in [-0.2, 0) is 16.6 Å². The zero-order valence-corrected chi connectivity index (χ0v) is 13.2. The van der Waals surface area contributed by atoms with Gasteiger partial charge in [-0.3, -0.25) is 5.10 Å². The molecule has 0 bridgehead atoms. The number of rotatable bonds is 5. The van der Waals surface area contributed by atoms with Crippen molar-refractivity contribution >= 4 is 27.2 Å². The Kier molecular flexibility index (Phi) is 4.35. The maximum atomic E-state index is 12.4. The van der Waals surface area contributed by atoms with Crippen LogP contribution in [0.15, 0.2) is 29.2 Å². The van der Waals surface area contributed by atoms with Gasteiger partial charge in [0.15, 0.2) is 5.82 Å². The van der Waals surface area contributed by atoms with Gasteiger partial charge in [0.25, 0.3) is 0 Å². The molecule has 0 unspecified atom stereocenters. The number of aryl methyl sites for hydroxylation is 1. The van der Waals surface area contributed by atoms with Crippen molar-refractivity contribution in [3.05, 3.63) is 41.5 Å². The average Bonchev–Trinajstić information content (AvgIpc) is 2.84. The highest BCUT2D eigenvalue weighted by Crippen LogP contribution is 2.16. The topological polar surface area (TPSA) is 105 Å². The predicted molar refractivity (Wildman–Crippen MR) is 82.1 cm³/mol. The quantitative estimate of drug-likeness (QED) is 0.779. The van der Waals surface area contributed by atoms with E-state index in [1.165, 1.54) is 23.5 Å². The van der Waals surface area contributed by atoms with Crippen LogP contribution in [0.1, 0.15) is 17.2 Å². The van der Waals surface area contributed by atoms with Gasteiger partial charge in [-0.1, -0.05) is 24.4 Å². The number of aromatic nitrogens is 3. The van der Waals surface area contributed by atoms with Gasteiger partial charge in [0, 0.05) is 12.6 Å². The molecule has 0 saturated heterocycles. The molecule has 0 aliphatic rings. The minimum atomic E-state index is -3.62. The van der Waals surface area contributed by atoms with Crippen LogP contribution in [0, 0.1) is 6.92 Å². The fraction of sp³-hybridized carbons (Fsp3) is 0.250. The molecular formula is C12H15N5O2S2. The standard InChI is InChI=1S/C12H15N5O2S2/c1-8-14-11(16-15-8)7-17(2)21(18,19)10-5-3-9(4-6-10)12(13)20/h3-6H,7H2,1-2H3,(H2,13,20)(H,14,15,16). The van der Waals surface area contributed by atoms with Gasteiger partial charge in [0.1, 0.15) is 10.8 Å². The van der Waals surface area contributed by atoms with Crippen molar-refractivity contribution in [1.29, 1.82) is 0 Å². The fourth-order valence-electron chi connectivity index (χ4n) is 1.71. The number of hydrogen-bond acceptors (Lipinski definition) is 5. The summed E-state index contributed by atoms with van der Waals surface area (Å²) in [4.78, 5) is 4.48. The van der Waals surface area contributed by atoms with Crippen molar-refractivity contribution in [3.8, 4) is 0 Å². The molecule has 1 aromatic heterocycles. The smallest absolute Gasteiger partial charge is 0.243 e. The molecule has 2 rings (SSSR count). The average molecular weight is 325 g/mol. The molecule has 0 saturated carbocycles. The van der Waals surface area contributed by atoms with Crippen LogP contribution in [0.3, 0.4) is 0 Å². The first kappa shape index (κ1) is 15.5. The van der Waals surface area contributed by atoms with Gasteiger partial charge in [-0.2, -0.15) is 9.40 Å². The van der Waals surface area contributed by atoms with E-state index in [0.29, 0.717) is 17.2 Å². The molecule has 9 heteroatoms. The van der Waals surface area contributed by atoms with Crippen LogP contribution in [0.25, 0.3) is 0 Å². The van der Waals surface area contributed by atoms with Gasteiger partial charge in [0.2, 0.25) is 10.0 Å². The molecule has 0 fully saturated rings. The second-order valence-electron chi connectivity index (χ2n) is 4.49. The lowest BCUT2D eigenvalue weighted by Crippen LogP contribution is -2.27. The van der Waals surface area contributed by atoms with Gasteiger partial charge in [-0.25, -0.2) is 13.4 Å². The van der Waals surface area contributed by atoms with E-state index >= 15 is 0 Å². The largest absolute Gasteiger partial charge is 0.389 e. The molecule has 0 amide bonds. The lowest BCUT2D eigenvalue weighted by Gasteiger charge is -2.15. The van der Waals surface area contributed by atoms with E-state index in [0.717, 1.165) is 0 Å². The molecule has 0 aliphatic carbocycles. The molecule has 0 atom stereocenters. The number of nitrogens with two attached hydrogens (primary N) is 1. The van der Waals surface area contributed by atoms with Crippen molar-refractivity contribution in [1.82, 2.24) is 19.5 Å². The van der Waals surface area contributed by atoms with E-state index in [1.54, 1.807) is 19.1 Å². The second kappa shape index (κ2) is 5.88. The zero-order chi connectivity index (χ0) is 15.6. The van der Waals surface area contributed by atoms with E-state index in [1.807, 2.05) is 0 Å². The Morgan fingerprint density at radius 2 is 2.00 bits per heavy atom. The van der Waals surface area contributed by atoms with E-state index in [-0.39, 0.29) is 16.4 Å². The summed E-state index contributed by atoms with van der Waals surface area (Å²) in [5.74, 6) is 1.05. The highest BCUT2D eigenvalue weighted by atomic mass is 32.2. The third-order valence-electron chi connectivity index (χ3n) is 2.85. The first-order valence-electron chi connectivity index (χ1n) is 6.05. The summed E-state index contributed by atoms with van der Waals surface area (Å²) in [6, 6.07) is 6.12. The molecule has 1 heterocycles. The minimum Gasteiger partial charge on any atom is -0.389 e. The van der Waals surface area contributed by atoms with Crippen molar-refractivity contribution in [2.24, 2.45) is 5.73 Å². The summed E-state index contributed by atoms with van der Waals surface area (Å²) < 4.78 is 26.0. The molecule has 7 nitrogen and oxygen atoms in total. The third kappa shape index (κ3) is 3.43. The van der Waals surface area contributed by atoms with Crippen molar-refractivity contribution < 1.29 is 8.42 Å². The monoisotopic (exact) mass is 325 g/mol. The Balaban J connectivity index is 2.22. The van der Waals surface area contributed by atoms with Gasteiger partial charge < -0.3 is 5.73 Å². The van der Waals surface area contributed by atoms with Crippen molar-refractivity contribution in [2.45, 2.75) is 18.4 Å². The van der Waals surface area contributed by atoms with Crippen LogP contribution in [0.4, 0.5) is 0 Å². The van der Waals surface area contributed by atoms with E-state index < -0.39 is 10.0 Å².